The lowest BCUT2D eigenvalue weighted by atomic mass is 9.73. The minimum Gasteiger partial charge on any atom is -0.369 e. The van der Waals surface area contributed by atoms with Gasteiger partial charge in [-0.1, -0.05) is 36.7 Å². The van der Waals surface area contributed by atoms with Crippen LogP contribution in [-0.2, 0) is 5.54 Å². The Balaban J connectivity index is 1.59. The number of hydrogen-bond donors (Lipinski definition) is 0. The maximum atomic E-state index is 6.22. The third-order valence-corrected chi connectivity index (χ3v) is 7.63. The number of nitrogens with zero attached hydrogens (tertiary/aromatic N) is 2. The second-order valence-corrected chi connectivity index (χ2v) is 10.1. The molecule has 2 nitrogen and oxygen atoms in total. The fourth-order valence-corrected chi connectivity index (χ4v) is 5.81. The van der Waals surface area contributed by atoms with E-state index in [1.807, 2.05) is 0 Å². The molecule has 0 saturated heterocycles. The van der Waals surface area contributed by atoms with Gasteiger partial charge in [-0.05, 0) is 107 Å². The summed E-state index contributed by atoms with van der Waals surface area (Å²) in [6.07, 6.45) is 8.81. The van der Waals surface area contributed by atoms with E-state index in [4.69, 9.17) is 11.6 Å². The van der Waals surface area contributed by atoms with Gasteiger partial charge in [0.05, 0.1) is 0 Å². The summed E-state index contributed by atoms with van der Waals surface area (Å²) in [5.41, 5.74) is 5.75. The van der Waals surface area contributed by atoms with Crippen LogP contribution in [0.15, 0.2) is 42.5 Å². The minimum atomic E-state index is 0.155. The molecule has 2 aliphatic carbocycles. The van der Waals surface area contributed by atoms with E-state index in [1.54, 1.807) is 0 Å². The molecule has 2 saturated carbocycles. The summed E-state index contributed by atoms with van der Waals surface area (Å²) in [6.45, 7) is 7.88. The lowest BCUT2D eigenvalue weighted by Crippen LogP contribution is -2.51. The van der Waals surface area contributed by atoms with Crippen LogP contribution in [0.4, 0.5) is 5.69 Å². The second-order valence-electron chi connectivity index (χ2n) is 9.65. The number of anilines is 1. The molecule has 30 heavy (non-hydrogen) atoms. The molecule has 0 unspecified atom stereocenters. The fraction of sp³-hybridized carbons (Fsp3) is 0.556. The molecule has 0 heterocycles. The van der Waals surface area contributed by atoms with Gasteiger partial charge in [-0.15, -0.1) is 0 Å². The first kappa shape index (κ1) is 21.7. The fourth-order valence-electron chi connectivity index (χ4n) is 5.69. The van der Waals surface area contributed by atoms with E-state index < -0.39 is 0 Å². The first-order valence-corrected chi connectivity index (χ1v) is 12.1. The Morgan fingerprint density at radius 1 is 0.900 bits per heavy atom. The number of benzene rings is 2. The zero-order valence-corrected chi connectivity index (χ0v) is 19.9. The SMILES string of the molecule is CCCN(c1cc(C)cc(C)c1)C1CCC(c2ccc(Cl)cc2)(N(C)C2CC2)CC1. The van der Waals surface area contributed by atoms with Gasteiger partial charge in [0.25, 0.3) is 0 Å². The first-order valence-electron chi connectivity index (χ1n) is 11.8. The summed E-state index contributed by atoms with van der Waals surface area (Å²) in [5.74, 6) is 0. The molecular formula is C27H37ClN2. The lowest BCUT2D eigenvalue weighted by molar-refractivity contribution is 0.0584. The monoisotopic (exact) mass is 424 g/mol. The van der Waals surface area contributed by atoms with Gasteiger partial charge in [0.15, 0.2) is 0 Å². The van der Waals surface area contributed by atoms with E-state index in [2.05, 4.69) is 80.1 Å². The summed E-state index contributed by atoms with van der Waals surface area (Å²) < 4.78 is 0. The highest BCUT2D eigenvalue weighted by Crippen LogP contribution is 2.47. The van der Waals surface area contributed by atoms with Crippen molar-refractivity contribution < 1.29 is 0 Å². The van der Waals surface area contributed by atoms with Crippen molar-refractivity contribution in [1.82, 2.24) is 4.90 Å². The highest BCUT2D eigenvalue weighted by Gasteiger charge is 2.46. The minimum absolute atomic E-state index is 0.155. The predicted molar refractivity (Wildman–Crippen MR) is 130 cm³/mol. The summed E-state index contributed by atoms with van der Waals surface area (Å²) in [4.78, 5) is 5.40. The summed E-state index contributed by atoms with van der Waals surface area (Å²) in [6, 6.07) is 17.1. The normalized spacial score (nSPS) is 24.3. The van der Waals surface area contributed by atoms with Crippen molar-refractivity contribution in [2.24, 2.45) is 0 Å². The molecule has 0 spiro atoms. The molecule has 0 bridgehead atoms. The highest BCUT2D eigenvalue weighted by molar-refractivity contribution is 6.30. The molecule has 2 aliphatic rings. The van der Waals surface area contributed by atoms with Crippen LogP contribution in [0.5, 0.6) is 0 Å². The van der Waals surface area contributed by atoms with Gasteiger partial charge in [0, 0.05) is 34.9 Å². The largest absolute Gasteiger partial charge is 0.369 e. The Bertz CT molecular complexity index is 827. The van der Waals surface area contributed by atoms with E-state index in [0.29, 0.717) is 6.04 Å². The molecule has 162 valence electrons. The average Bonchev–Trinajstić information content (AvgIpc) is 3.57. The molecule has 2 aromatic carbocycles. The highest BCUT2D eigenvalue weighted by atomic mass is 35.5. The lowest BCUT2D eigenvalue weighted by Gasteiger charge is -2.49. The summed E-state index contributed by atoms with van der Waals surface area (Å²) >= 11 is 6.22. The summed E-state index contributed by atoms with van der Waals surface area (Å²) in [7, 11) is 2.36. The predicted octanol–water partition coefficient (Wildman–Crippen LogP) is 7.11. The second kappa shape index (κ2) is 8.93. The van der Waals surface area contributed by atoms with Crippen molar-refractivity contribution >= 4 is 17.3 Å². The van der Waals surface area contributed by atoms with E-state index in [9.17, 15) is 0 Å². The van der Waals surface area contributed by atoms with Crippen LogP contribution in [0.2, 0.25) is 5.02 Å². The first-order chi connectivity index (χ1) is 14.4. The average molecular weight is 425 g/mol. The van der Waals surface area contributed by atoms with E-state index in [0.717, 1.165) is 17.6 Å². The Hall–Kier alpha value is -1.51. The zero-order chi connectivity index (χ0) is 21.3. The summed E-state index contributed by atoms with van der Waals surface area (Å²) in [5, 5.41) is 0.834. The number of hydrogen-bond acceptors (Lipinski definition) is 2. The number of aryl methyl sites for hydroxylation is 2. The molecule has 0 radical (unpaired) electrons. The number of rotatable bonds is 7. The molecule has 2 aromatic rings. The zero-order valence-electron chi connectivity index (χ0n) is 19.1. The van der Waals surface area contributed by atoms with Crippen molar-refractivity contribution in [2.45, 2.75) is 83.3 Å². The Morgan fingerprint density at radius 2 is 1.50 bits per heavy atom. The van der Waals surface area contributed by atoms with Crippen LogP contribution >= 0.6 is 11.6 Å². The molecule has 0 aromatic heterocycles. The maximum Gasteiger partial charge on any atom is 0.0462 e. The Morgan fingerprint density at radius 3 is 2.03 bits per heavy atom. The van der Waals surface area contributed by atoms with Crippen LogP contribution < -0.4 is 4.90 Å². The van der Waals surface area contributed by atoms with Crippen LogP contribution in [0.3, 0.4) is 0 Å². The van der Waals surface area contributed by atoms with Gasteiger partial charge in [-0.2, -0.15) is 0 Å². The Labute approximate surface area is 188 Å². The smallest absolute Gasteiger partial charge is 0.0462 e. The van der Waals surface area contributed by atoms with Gasteiger partial charge in [0.2, 0.25) is 0 Å². The molecule has 0 atom stereocenters. The Kier molecular flexibility index (Phi) is 6.46. The van der Waals surface area contributed by atoms with E-state index >= 15 is 0 Å². The van der Waals surface area contributed by atoms with Crippen molar-refractivity contribution in [2.75, 3.05) is 18.5 Å². The topological polar surface area (TPSA) is 6.48 Å². The molecule has 2 fully saturated rings. The van der Waals surface area contributed by atoms with Gasteiger partial charge in [0.1, 0.15) is 0 Å². The van der Waals surface area contributed by atoms with Crippen LogP contribution in [-0.4, -0.2) is 30.6 Å². The molecule has 0 amide bonds. The van der Waals surface area contributed by atoms with Crippen LogP contribution in [0.25, 0.3) is 0 Å². The van der Waals surface area contributed by atoms with Gasteiger partial charge in [-0.25, -0.2) is 0 Å². The molecule has 3 heteroatoms. The van der Waals surface area contributed by atoms with Crippen molar-refractivity contribution in [3.05, 3.63) is 64.2 Å². The molecular weight excluding hydrogens is 388 g/mol. The number of halogens is 1. The quantitative estimate of drug-likeness (QED) is 0.467. The van der Waals surface area contributed by atoms with Gasteiger partial charge >= 0.3 is 0 Å². The van der Waals surface area contributed by atoms with Crippen molar-refractivity contribution in [3.8, 4) is 0 Å². The molecule has 0 N–H and O–H groups in total. The van der Waals surface area contributed by atoms with Crippen LogP contribution in [0, 0.1) is 13.8 Å². The van der Waals surface area contributed by atoms with Gasteiger partial charge < -0.3 is 4.90 Å². The molecule has 0 aliphatic heterocycles. The third kappa shape index (κ3) is 4.41. The standard InChI is InChI=1S/C27H37ClN2/c1-5-16-30(26-18-20(2)17-21(3)19-26)25-12-14-27(15-13-25,29(4)24-10-11-24)22-6-8-23(28)9-7-22/h6-9,17-19,24-25H,5,10-16H2,1-4H3. The van der Waals surface area contributed by atoms with E-state index in [1.165, 1.54) is 67.3 Å². The van der Waals surface area contributed by atoms with Gasteiger partial charge in [-0.3, -0.25) is 4.90 Å². The van der Waals surface area contributed by atoms with Crippen molar-refractivity contribution in [3.63, 3.8) is 0 Å². The molecule has 4 rings (SSSR count). The van der Waals surface area contributed by atoms with Crippen molar-refractivity contribution in [1.29, 1.82) is 0 Å². The van der Waals surface area contributed by atoms with Crippen LogP contribution in [0.1, 0.15) is 68.6 Å². The third-order valence-electron chi connectivity index (χ3n) is 7.38. The maximum absolute atomic E-state index is 6.22. The van der Waals surface area contributed by atoms with E-state index in [-0.39, 0.29) is 5.54 Å².